The summed E-state index contributed by atoms with van der Waals surface area (Å²) in [5.74, 6) is -0.250. The lowest BCUT2D eigenvalue weighted by Crippen LogP contribution is -2.44. The first-order valence-corrected chi connectivity index (χ1v) is 7.12. The summed E-state index contributed by atoms with van der Waals surface area (Å²) in [7, 11) is 0. The molecule has 0 spiro atoms. The molecule has 0 bridgehead atoms. The van der Waals surface area contributed by atoms with Crippen LogP contribution in [0.3, 0.4) is 0 Å². The Kier molecular flexibility index (Phi) is 3.95. The summed E-state index contributed by atoms with van der Waals surface area (Å²) in [5.41, 5.74) is 1.11. The molecule has 4 heteroatoms. The monoisotopic (exact) mass is 267 g/mol. The lowest BCUT2D eigenvalue weighted by atomic mass is 10.1. The van der Waals surface area contributed by atoms with Crippen molar-refractivity contribution in [2.75, 3.05) is 13.1 Å². The molecule has 1 amide bonds. The molecule has 1 aliphatic rings. The highest BCUT2D eigenvalue weighted by Crippen LogP contribution is 2.26. The maximum absolute atomic E-state index is 13.2. The summed E-state index contributed by atoms with van der Waals surface area (Å²) in [6.07, 6.45) is 0. The summed E-state index contributed by atoms with van der Waals surface area (Å²) in [6.45, 7) is 7.49. The zero-order valence-corrected chi connectivity index (χ0v) is 11.8. The van der Waals surface area contributed by atoms with E-state index in [9.17, 15) is 9.18 Å². The highest BCUT2D eigenvalue weighted by atomic mass is 32.2. The molecule has 0 aromatic heterocycles. The van der Waals surface area contributed by atoms with Crippen LogP contribution in [0.15, 0.2) is 18.2 Å². The van der Waals surface area contributed by atoms with E-state index < -0.39 is 0 Å². The lowest BCUT2D eigenvalue weighted by molar-refractivity contribution is 0.0753. The van der Waals surface area contributed by atoms with E-state index in [1.807, 2.05) is 16.7 Å². The predicted molar refractivity (Wildman–Crippen MR) is 73.6 cm³/mol. The molecule has 0 radical (unpaired) electrons. The van der Waals surface area contributed by atoms with E-state index in [4.69, 9.17) is 0 Å². The van der Waals surface area contributed by atoms with Crippen LogP contribution in [-0.4, -0.2) is 34.4 Å². The Hall–Kier alpha value is -1.03. The Bertz CT molecular complexity index is 453. The van der Waals surface area contributed by atoms with E-state index in [0.717, 1.165) is 13.1 Å². The summed E-state index contributed by atoms with van der Waals surface area (Å²) < 4.78 is 13.2. The van der Waals surface area contributed by atoms with Gasteiger partial charge in [-0.25, -0.2) is 4.39 Å². The Morgan fingerprint density at radius 3 is 2.50 bits per heavy atom. The zero-order chi connectivity index (χ0) is 13.3. The SMILES string of the molecule is Cc1cc(C(=O)N2CC(C)SC(C)C2)ccc1F. The fourth-order valence-electron chi connectivity index (χ4n) is 2.30. The van der Waals surface area contributed by atoms with Gasteiger partial charge in [0.15, 0.2) is 0 Å². The average Bonchev–Trinajstić information content (AvgIpc) is 2.30. The second-order valence-corrected chi connectivity index (χ2v) is 6.81. The number of carbonyl (C=O) groups excluding carboxylic acids is 1. The Morgan fingerprint density at radius 2 is 1.94 bits per heavy atom. The van der Waals surface area contributed by atoms with Gasteiger partial charge in [-0.15, -0.1) is 0 Å². The van der Waals surface area contributed by atoms with Crippen LogP contribution < -0.4 is 0 Å². The predicted octanol–water partition coefficient (Wildman–Crippen LogP) is 3.10. The molecular formula is C14H18FNOS. The number of rotatable bonds is 1. The molecule has 1 fully saturated rings. The van der Waals surface area contributed by atoms with Gasteiger partial charge < -0.3 is 4.90 Å². The van der Waals surface area contributed by atoms with Crippen molar-refractivity contribution in [3.8, 4) is 0 Å². The third-order valence-corrected chi connectivity index (χ3v) is 4.34. The van der Waals surface area contributed by atoms with E-state index in [1.54, 1.807) is 19.1 Å². The van der Waals surface area contributed by atoms with Crippen molar-refractivity contribution in [1.82, 2.24) is 4.90 Å². The van der Waals surface area contributed by atoms with Gasteiger partial charge in [0.2, 0.25) is 0 Å². The number of nitrogens with zero attached hydrogens (tertiary/aromatic N) is 1. The maximum atomic E-state index is 13.2. The first kappa shape index (κ1) is 13.4. The molecule has 0 aliphatic carbocycles. The molecule has 1 aromatic carbocycles. The molecule has 1 saturated heterocycles. The van der Waals surface area contributed by atoms with E-state index in [-0.39, 0.29) is 11.7 Å². The smallest absolute Gasteiger partial charge is 0.253 e. The molecule has 2 unspecified atom stereocenters. The summed E-state index contributed by atoms with van der Waals surface area (Å²) in [4.78, 5) is 14.2. The van der Waals surface area contributed by atoms with Crippen LogP contribution in [0.1, 0.15) is 29.8 Å². The van der Waals surface area contributed by atoms with E-state index >= 15 is 0 Å². The van der Waals surface area contributed by atoms with Crippen molar-refractivity contribution < 1.29 is 9.18 Å². The number of aryl methyl sites for hydroxylation is 1. The van der Waals surface area contributed by atoms with Crippen molar-refractivity contribution in [3.63, 3.8) is 0 Å². The molecule has 2 atom stereocenters. The number of carbonyl (C=O) groups is 1. The minimum Gasteiger partial charge on any atom is -0.336 e. The quantitative estimate of drug-likeness (QED) is 0.779. The van der Waals surface area contributed by atoms with Gasteiger partial charge in [0, 0.05) is 29.2 Å². The molecule has 18 heavy (non-hydrogen) atoms. The van der Waals surface area contributed by atoms with Crippen LogP contribution in [0.4, 0.5) is 4.39 Å². The van der Waals surface area contributed by atoms with Gasteiger partial charge in [-0.1, -0.05) is 13.8 Å². The van der Waals surface area contributed by atoms with Crippen LogP contribution >= 0.6 is 11.8 Å². The van der Waals surface area contributed by atoms with Crippen molar-refractivity contribution >= 4 is 17.7 Å². The van der Waals surface area contributed by atoms with Gasteiger partial charge in [0.1, 0.15) is 5.82 Å². The zero-order valence-electron chi connectivity index (χ0n) is 10.9. The first-order chi connectivity index (χ1) is 8.47. The van der Waals surface area contributed by atoms with Crippen LogP contribution in [-0.2, 0) is 0 Å². The van der Waals surface area contributed by atoms with Gasteiger partial charge in [0.25, 0.3) is 5.91 Å². The van der Waals surface area contributed by atoms with Gasteiger partial charge in [0.05, 0.1) is 0 Å². The first-order valence-electron chi connectivity index (χ1n) is 6.18. The number of benzene rings is 1. The number of halogens is 1. The number of hydrogen-bond acceptors (Lipinski definition) is 2. The molecule has 1 heterocycles. The molecule has 1 aromatic rings. The standard InChI is InChI=1S/C14H18FNOS/c1-9-6-12(4-5-13(9)15)14(17)16-7-10(2)18-11(3)8-16/h4-6,10-11H,7-8H2,1-3H3. The van der Waals surface area contributed by atoms with Crippen molar-refractivity contribution in [2.45, 2.75) is 31.3 Å². The van der Waals surface area contributed by atoms with Gasteiger partial charge in [-0.2, -0.15) is 11.8 Å². The highest BCUT2D eigenvalue weighted by molar-refractivity contribution is 8.00. The molecule has 1 aliphatic heterocycles. The van der Waals surface area contributed by atoms with Crippen LogP contribution in [0, 0.1) is 12.7 Å². The van der Waals surface area contributed by atoms with E-state index in [0.29, 0.717) is 21.6 Å². The topological polar surface area (TPSA) is 20.3 Å². The van der Waals surface area contributed by atoms with E-state index in [1.165, 1.54) is 6.07 Å². The normalized spacial score (nSPS) is 24.1. The minimum atomic E-state index is -0.262. The highest BCUT2D eigenvalue weighted by Gasteiger charge is 2.26. The average molecular weight is 267 g/mol. The summed E-state index contributed by atoms with van der Waals surface area (Å²) in [5, 5.41) is 0.915. The Labute approximate surface area is 112 Å². The Morgan fingerprint density at radius 1 is 1.33 bits per heavy atom. The van der Waals surface area contributed by atoms with Crippen molar-refractivity contribution in [3.05, 3.63) is 35.1 Å². The maximum Gasteiger partial charge on any atom is 0.253 e. The fraction of sp³-hybridized carbons (Fsp3) is 0.500. The Balaban J connectivity index is 2.17. The minimum absolute atomic E-state index is 0.0112. The molecule has 98 valence electrons. The van der Waals surface area contributed by atoms with Gasteiger partial charge in [-0.05, 0) is 30.7 Å². The van der Waals surface area contributed by atoms with Crippen molar-refractivity contribution in [1.29, 1.82) is 0 Å². The fourth-order valence-corrected chi connectivity index (χ4v) is 3.63. The van der Waals surface area contributed by atoms with Crippen LogP contribution in [0.2, 0.25) is 0 Å². The molecular weight excluding hydrogens is 249 g/mol. The second kappa shape index (κ2) is 5.31. The largest absolute Gasteiger partial charge is 0.336 e. The number of hydrogen-bond donors (Lipinski definition) is 0. The van der Waals surface area contributed by atoms with Crippen LogP contribution in [0.5, 0.6) is 0 Å². The third kappa shape index (κ3) is 2.86. The van der Waals surface area contributed by atoms with Crippen LogP contribution in [0.25, 0.3) is 0 Å². The molecule has 2 rings (SSSR count). The summed E-state index contributed by atoms with van der Waals surface area (Å²) in [6, 6.07) is 4.57. The molecule has 0 saturated carbocycles. The lowest BCUT2D eigenvalue weighted by Gasteiger charge is -2.34. The number of thioether (sulfide) groups is 1. The third-order valence-electron chi connectivity index (χ3n) is 3.11. The van der Waals surface area contributed by atoms with Gasteiger partial charge >= 0.3 is 0 Å². The number of amides is 1. The van der Waals surface area contributed by atoms with Gasteiger partial charge in [-0.3, -0.25) is 4.79 Å². The molecule has 0 N–H and O–H groups in total. The summed E-state index contributed by atoms with van der Waals surface area (Å²) >= 11 is 1.91. The second-order valence-electron chi connectivity index (χ2n) is 4.93. The van der Waals surface area contributed by atoms with Crippen molar-refractivity contribution in [2.24, 2.45) is 0 Å². The van der Waals surface area contributed by atoms with E-state index in [2.05, 4.69) is 13.8 Å². The molecule has 2 nitrogen and oxygen atoms in total.